The Bertz CT molecular complexity index is 326. The Morgan fingerprint density at radius 2 is 1.94 bits per heavy atom. The molecule has 3 nitrogen and oxygen atoms in total. The van der Waals surface area contributed by atoms with Gasteiger partial charge in [-0.1, -0.05) is 19.8 Å². The molecule has 0 aromatic heterocycles. The van der Waals surface area contributed by atoms with Gasteiger partial charge in [-0.3, -0.25) is 4.79 Å². The first-order valence-electron chi connectivity index (χ1n) is 6.88. The molecule has 0 bridgehead atoms. The molecule has 1 saturated heterocycles. The number of rotatable bonds is 1. The highest BCUT2D eigenvalue weighted by Crippen LogP contribution is 2.39. The lowest BCUT2D eigenvalue weighted by Crippen LogP contribution is -2.42. The standard InChI is InChI=1S/C14H22N2O/c1-12-5-4-9-16(10-6-12)13(17)14(11-15)7-2-3-8-14/h12H,2-10H2,1H3. The van der Waals surface area contributed by atoms with Crippen molar-refractivity contribution in [3.8, 4) is 6.07 Å². The molecule has 0 radical (unpaired) electrons. The van der Waals surface area contributed by atoms with Gasteiger partial charge < -0.3 is 4.90 Å². The number of carbonyl (C=O) groups is 1. The van der Waals surface area contributed by atoms with Crippen LogP contribution in [-0.4, -0.2) is 23.9 Å². The molecule has 1 aliphatic heterocycles. The molecule has 1 aliphatic carbocycles. The Balaban J connectivity index is 2.06. The lowest BCUT2D eigenvalue weighted by atomic mass is 9.86. The van der Waals surface area contributed by atoms with Gasteiger partial charge in [-0.25, -0.2) is 0 Å². The molecule has 1 heterocycles. The second-order valence-electron chi connectivity index (χ2n) is 5.73. The van der Waals surface area contributed by atoms with Crippen LogP contribution in [0.1, 0.15) is 51.9 Å². The summed E-state index contributed by atoms with van der Waals surface area (Å²) in [5.41, 5.74) is -0.673. The summed E-state index contributed by atoms with van der Waals surface area (Å²) in [6.45, 7) is 3.96. The van der Waals surface area contributed by atoms with Crippen molar-refractivity contribution in [3.05, 3.63) is 0 Å². The Morgan fingerprint density at radius 1 is 1.24 bits per heavy atom. The van der Waals surface area contributed by atoms with Crippen molar-refractivity contribution in [1.29, 1.82) is 5.26 Å². The van der Waals surface area contributed by atoms with Gasteiger partial charge >= 0.3 is 0 Å². The van der Waals surface area contributed by atoms with Gasteiger partial charge in [-0.05, 0) is 38.0 Å². The number of hydrogen-bond acceptors (Lipinski definition) is 2. The van der Waals surface area contributed by atoms with Crippen molar-refractivity contribution >= 4 is 5.91 Å². The minimum absolute atomic E-state index is 0.117. The molecule has 2 aliphatic rings. The first-order chi connectivity index (χ1) is 8.18. The molecule has 3 heteroatoms. The molecule has 1 saturated carbocycles. The van der Waals surface area contributed by atoms with E-state index in [1.807, 2.05) is 4.90 Å². The highest BCUT2D eigenvalue weighted by atomic mass is 16.2. The molecule has 0 N–H and O–H groups in total. The minimum Gasteiger partial charge on any atom is -0.341 e. The number of nitrogens with zero attached hydrogens (tertiary/aromatic N) is 2. The van der Waals surface area contributed by atoms with Crippen LogP contribution in [0, 0.1) is 22.7 Å². The quantitative estimate of drug-likeness (QED) is 0.700. The lowest BCUT2D eigenvalue weighted by Gasteiger charge is -2.28. The van der Waals surface area contributed by atoms with E-state index in [2.05, 4.69) is 13.0 Å². The predicted molar refractivity (Wildman–Crippen MR) is 66.1 cm³/mol. The Kier molecular flexibility index (Phi) is 3.71. The Hall–Kier alpha value is -1.04. The monoisotopic (exact) mass is 234 g/mol. The Morgan fingerprint density at radius 3 is 2.59 bits per heavy atom. The Labute approximate surface area is 104 Å². The largest absolute Gasteiger partial charge is 0.341 e. The van der Waals surface area contributed by atoms with Crippen molar-refractivity contribution in [2.45, 2.75) is 51.9 Å². The van der Waals surface area contributed by atoms with E-state index >= 15 is 0 Å². The summed E-state index contributed by atoms with van der Waals surface area (Å²) in [6.07, 6.45) is 7.00. The molecule has 1 amide bonds. The van der Waals surface area contributed by atoms with Crippen LogP contribution in [-0.2, 0) is 4.79 Å². The van der Waals surface area contributed by atoms with Crippen LogP contribution in [0.2, 0.25) is 0 Å². The van der Waals surface area contributed by atoms with Gasteiger partial charge in [0.05, 0.1) is 6.07 Å². The zero-order valence-electron chi connectivity index (χ0n) is 10.7. The van der Waals surface area contributed by atoms with Crippen LogP contribution in [0.25, 0.3) is 0 Å². The third-order valence-corrected chi connectivity index (χ3v) is 4.38. The maximum atomic E-state index is 12.5. The zero-order valence-corrected chi connectivity index (χ0v) is 10.7. The van der Waals surface area contributed by atoms with Crippen molar-refractivity contribution in [3.63, 3.8) is 0 Å². The van der Waals surface area contributed by atoms with Gasteiger partial charge in [0.2, 0.25) is 5.91 Å². The molecule has 17 heavy (non-hydrogen) atoms. The van der Waals surface area contributed by atoms with Crippen molar-refractivity contribution in [2.24, 2.45) is 11.3 Å². The van der Waals surface area contributed by atoms with Crippen LogP contribution in [0.4, 0.5) is 0 Å². The molecule has 94 valence electrons. The van der Waals surface area contributed by atoms with Crippen LogP contribution in [0.3, 0.4) is 0 Å². The van der Waals surface area contributed by atoms with Crippen LogP contribution in [0.5, 0.6) is 0 Å². The van der Waals surface area contributed by atoms with E-state index in [1.165, 1.54) is 6.42 Å². The van der Waals surface area contributed by atoms with Crippen molar-refractivity contribution in [2.75, 3.05) is 13.1 Å². The van der Waals surface area contributed by atoms with E-state index in [4.69, 9.17) is 0 Å². The highest BCUT2D eigenvalue weighted by molar-refractivity contribution is 5.85. The topological polar surface area (TPSA) is 44.1 Å². The molecule has 2 rings (SSSR count). The fourth-order valence-corrected chi connectivity index (χ4v) is 3.12. The molecule has 1 atom stereocenters. The summed E-state index contributed by atoms with van der Waals surface area (Å²) in [4.78, 5) is 14.5. The first kappa shape index (κ1) is 12.4. The van der Waals surface area contributed by atoms with Gasteiger partial charge in [0.15, 0.2) is 0 Å². The van der Waals surface area contributed by atoms with Crippen LogP contribution in [0.15, 0.2) is 0 Å². The lowest BCUT2D eigenvalue weighted by molar-refractivity contribution is -0.138. The van der Waals surface area contributed by atoms with Gasteiger partial charge in [-0.15, -0.1) is 0 Å². The third-order valence-electron chi connectivity index (χ3n) is 4.38. The SMILES string of the molecule is CC1CCCN(C(=O)C2(C#N)CCCC2)CC1. The van der Waals surface area contributed by atoms with Crippen LogP contribution >= 0.6 is 0 Å². The number of likely N-dealkylation sites (tertiary alicyclic amines) is 1. The molecular formula is C14H22N2O. The average molecular weight is 234 g/mol. The van der Waals surface area contributed by atoms with Crippen molar-refractivity contribution in [1.82, 2.24) is 4.90 Å². The summed E-state index contributed by atoms with van der Waals surface area (Å²) < 4.78 is 0. The normalized spacial score (nSPS) is 28.5. The summed E-state index contributed by atoms with van der Waals surface area (Å²) >= 11 is 0. The smallest absolute Gasteiger partial charge is 0.243 e. The number of hydrogen-bond donors (Lipinski definition) is 0. The van der Waals surface area contributed by atoms with Gasteiger partial charge in [0.25, 0.3) is 0 Å². The van der Waals surface area contributed by atoms with Crippen molar-refractivity contribution < 1.29 is 4.79 Å². The molecule has 0 aromatic rings. The average Bonchev–Trinajstić information content (AvgIpc) is 2.73. The second-order valence-corrected chi connectivity index (χ2v) is 5.73. The maximum Gasteiger partial charge on any atom is 0.243 e. The number of nitriles is 1. The fourth-order valence-electron chi connectivity index (χ4n) is 3.12. The molecule has 0 spiro atoms. The first-order valence-corrected chi connectivity index (χ1v) is 6.88. The fraction of sp³-hybridized carbons (Fsp3) is 0.857. The number of amides is 1. The molecule has 0 aromatic carbocycles. The summed E-state index contributed by atoms with van der Waals surface area (Å²) in [6, 6.07) is 2.31. The summed E-state index contributed by atoms with van der Waals surface area (Å²) in [7, 11) is 0. The van der Waals surface area contributed by atoms with Gasteiger partial charge in [-0.2, -0.15) is 5.26 Å². The minimum atomic E-state index is -0.673. The van der Waals surface area contributed by atoms with E-state index in [9.17, 15) is 10.1 Å². The van der Waals surface area contributed by atoms with E-state index in [0.29, 0.717) is 0 Å². The van der Waals surface area contributed by atoms with E-state index in [-0.39, 0.29) is 5.91 Å². The zero-order chi connectivity index (χ0) is 12.3. The second kappa shape index (κ2) is 5.08. The predicted octanol–water partition coefficient (Wildman–Crippen LogP) is 2.72. The molecular weight excluding hydrogens is 212 g/mol. The molecule has 2 fully saturated rings. The van der Waals surface area contributed by atoms with Gasteiger partial charge in [0.1, 0.15) is 5.41 Å². The van der Waals surface area contributed by atoms with Gasteiger partial charge in [0, 0.05) is 13.1 Å². The number of carbonyl (C=O) groups excluding carboxylic acids is 1. The third kappa shape index (κ3) is 2.46. The summed E-state index contributed by atoms with van der Waals surface area (Å²) in [5, 5.41) is 9.34. The van der Waals surface area contributed by atoms with E-state index in [1.54, 1.807) is 0 Å². The van der Waals surface area contributed by atoms with E-state index in [0.717, 1.165) is 57.5 Å². The van der Waals surface area contributed by atoms with E-state index < -0.39 is 5.41 Å². The maximum absolute atomic E-state index is 12.5. The van der Waals surface area contributed by atoms with Crippen LogP contribution < -0.4 is 0 Å². The molecule has 1 unspecified atom stereocenters. The highest BCUT2D eigenvalue weighted by Gasteiger charge is 2.44. The summed E-state index contributed by atoms with van der Waals surface area (Å²) in [5.74, 6) is 0.834.